The highest BCUT2D eigenvalue weighted by Gasteiger charge is 2.45. The van der Waals surface area contributed by atoms with Crippen LogP contribution < -0.4 is 14.5 Å². The largest absolute Gasteiger partial charge is 0.491 e. The number of piperazine rings is 1. The van der Waals surface area contributed by atoms with Crippen molar-refractivity contribution in [1.29, 1.82) is 0 Å². The van der Waals surface area contributed by atoms with Gasteiger partial charge in [-0.05, 0) is 67.6 Å². The Hall–Kier alpha value is -4.09. The summed E-state index contributed by atoms with van der Waals surface area (Å²) < 4.78 is 22.7. The predicted molar refractivity (Wildman–Crippen MR) is 174 cm³/mol. The number of imidazole rings is 1. The Morgan fingerprint density at radius 3 is 2.22 bits per heavy atom. The maximum absolute atomic E-state index is 6.59. The van der Waals surface area contributed by atoms with Crippen molar-refractivity contribution >= 4 is 34.6 Å². The van der Waals surface area contributed by atoms with Gasteiger partial charge in [-0.2, -0.15) is 5.10 Å². The van der Waals surface area contributed by atoms with Crippen molar-refractivity contribution in [3.05, 3.63) is 113 Å². The molecule has 0 bridgehead atoms. The summed E-state index contributed by atoms with van der Waals surface area (Å²) in [5.74, 6) is 0.568. The second kappa shape index (κ2) is 12.7. The average molecular weight is 647 g/mol. The number of halogens is 2. The van der Waals surface area contributed by atoms with Gasteiger partial charge in [0.1, 0.15) is 30.6 Å². The first-order valence-electron chi connectivity index (χ1n) is 14.9. The zero-order valence-electron chi connectivity index (χ0n) is 24.8. The number of hydrogen-bond donors (Lipinski definition) is 0. The van der Waals surface area contributed by atoms with Crippen LogP contribution in [0.25, 0.3) is 5.69 Å². The SMILES string of the molecule is Cc1ncnn1-c1ccc(N2CCN(c3ccc(OCC4COC(Cn5ccnc5)(c5ccc(Cl)cc5Cl)O4)cc3)CC2)cc1. The summed E-state index contributed by atoms with van der Waals surface area (Å²) in [7, 11) is 0. The van der Waals surface area contributed by atoms with Gasteiger partial charge in [-0.15, -0.1) is 0 Å². The molecular formula is C33H33Cl2N7O3. The molecule has 3 aromatic carbocycles. The molecule has 0 amide bonds. The number of benzene rings is 3. The minimum atomic E-state index is -1.08. The molecule has 2 saturated heterocycles. The van der Waals surface area contributed by atoms with Gasteiger partial charge in [-0.1, -0.05) is 29.3 Å². The van der Waals surface area contributed by atoms with Gasteiger partial charge in [-0.25, -0.2) is 14.6 Å². The highest BCUT2D eigenvalue weighted by atomic mass is 35.5. The van der Waals surface area contributed by atoms with Crippen LogP contribution in [0.1, 0.15) is 11.4 Å². The third-order valence-corrected chi connectivity index (χ3v) is 8.79. The van der Waals surface area contributed by atoms with Gasteiger partial charge in [0.15, 0.2) is 0 Å². The van der Waals surface area contributed by atoms with Crippen LogP contribution in [0, 0.1) is 6.92 Å². The van der Waals surface area contributed by atoms with Crippen molar-refractivity contribution in [2.75, 3.05) is 49.2 Å². The fourth-order valence-corrected chi connectivity index (χ4v) is 6.45. The van der Waals surface area contributed by atoms with Crippen LogP contribution in [0.2, 0.25) is 10.0 Å². The van der Waals surface area contributed by atoms with Gasteiger partial charge in [-0.3, -0.25) is 0 Å². The van der Waals surface area contributed by atoms with Crippen LogP contribution in [0.5, 0.6) is 5.75 Å². The zero-order chi connectivity index (χ0) is 30.8. The monoisotopic (exact) mass is 645 g/mol. The molecule has 232 valence electrons. The predicted octanol–water partition coefficient (Wildman–Crippen LogP) is 5.75. The smallest absolute Gasteiger partial charge is 0.215 e. The standard InChI is InChI=1S/C33H33Cl2N7O3/c1-24-37-22-38-42(24)28-5-3-26(4-6-28)40-14-16-41(17-15-40)27-7-9-29(10-8-27)43-19-30-20-44-33(45-30,21-39-13-12-36-23-39)31-11-2-25(34)18-32(31)35/h2-13,18,22-23,30H,14-17,19-21H2,1H3. The van der Waals surface area contributed by atoms with Gasteiger partial charge < -0.3 is 28.6 Å². The van der Waals surface area contributed by atoms with Gasteiger partial charge in [0.05, 0.1) is 30.2 Å². The molecule has 5 aromatic rings. The number of ether oxygens (including phenoxy) is 3. The fraction of sp³-hybridized carbons (Fsp3) is 0.303. The summed E-state index contributed by atoms with van der Waals surface area (Å²) >= 11 is 12.8. The Morgan fingerprint density at radius 1 is 0.911 bits per heavy atom. The maximum atomic E-state index is 6.59. The van der Waals surface area contributed by atoms with Crippen molar-refractivity contribution < 1.29 is 14.2 Å². The van der Waals surface area contributed by atoms with Crippen molar-refractivity contribution in [3.8, 4) is 11.4 Å². The van der Waals surface area contributed by atoms with Gasteiger partial charge in [0, 0.05) is 60.5 Å². The van der Waals surface area contributed by atoms with E-state index in [9.17, 15) is 0 Å². The quantitative estimate of drug-likeness (QED) is 0.200. The highest BCUT2D eigenvalue weighted by Crippen LogP contribution is 2.40. The summed E-state index contributed by atoms with van der Waals surface area (Å²) in [6.07, 6.45) is 6.60. The van der Waals surface area contributed by atoms with Gasteiger partial charge in [0.2, 0.25) is 5.79 Å². The number of rotatable bonds is 9. The lowest BCUT2D eigenvalue weighted by molar-refractivity contribution is -0.189. The second-order valence-electron chi connectivity index (χ2n) is 11.2. The first-order chi connectivity index (χ1) is 22.0. The van der Waals surface area contributed by atoms with Crippen LogP contribution in [0.4, 0.5) is 11.4 Å². The summed E-state index contributed by atoms with van der Waals surface area (Å²) in [6.45, 7) is 6.79. The molecule has 0 saturated carbocycles. The molecule has 10 nitrogen and oxygen atoms in total. The van der Waals surface area contributed by atoms with Crippen LogP contribution in [0.3, 0.4) is 0 Å². The molecule has 0 spiro atoms. The molecule has 2 aromatic heterocycles. The van der Waals surface area contributed by atoms with Crippen LogP contribution >= 0.6 is 23.2 Å². The molecule has 2 aliphatic rings. The molecule has 45 heavy (non-hydrogen) atoms. The molecule has 7 rings (SSSR count). The number of hydrogen-bond acceptors (Lipinski definition) is 8. The van der Waals surface area contributed by atoms with Crippen molar-refractivity contribution in [1.82, 2.24) is 24.3 Å². The molecule has 2 fully saturated rings. The molecule has 0 N–H and O–H groups in total. The molecule has 0 radical (unpaired) electrons. The lowest BCUT2D eigenvalue weighted by Gasteiger charge is -2.37. The third-order valence-electron chi connectivity index (χ3n) is 8.25. The number of aromatic nitrogens is 5. The summed E-state index contributed by atoms with van der Waals surface area (Å²) in [5.41, 5.74) is 4.12. The molecule has 2 unspecified atom stereocenters. The Balaban J connectivity index is 0.935. The minimum absolute atomic E-state index is 0.290. The summed E-state index contributed by atoms with van der Waals surface area (Å²) in [4.78, 5) is 13.2. The normalized spacial score (nSPS) is 20.1. The topological polar surface area (TPSA) is 82.7 Å². The zero-order valence-corrected chi connectivity index (χ0v) is 26.3. The minimum Gasteiger partial charge on any atom is -0.491 e. The molecule has 4 heterocycles. The average Bonchev–Trinajstić information content (AvgIpc) is 3.83. The van der Waals surface area contributed by atoms with Crippen molar-refractivity contribution in [2.24, 2.45) is 0 Å². The van der Waals surface area contributed by atoms with Crippen LogP contribution in [-0.4, -0.2) is 69.8 Å². The Kier molecular flexibility index (Phi) is 8.37. The molecule has 12 heteroatoms. The van der Waals surface area contributed by atoms with Crippen LogP contribution in [0.15, 0.2) is 91.8 Å². The van der Waals surface area contributed by atoms with E-state index in [1.54, 1.807) is 31.0 Å². The summed E-state index contributed by atoms with van der Waals surface area (Å²) in [6, 6.07) is 22.1. The Morgan fingerprint density at radius 2 is 1.60 bits per heavy atom. The van der Waals surface area contributed by atoms with E-state index in [4.69, 9.17) is 37.4 Å². The first-order valence-corrected chi connectivity index (χ1v) is 15.6. The van der Waals surface area contributed by atoms with E-state index in [-0.39, 0.29) is 6.10 Å². The number of nitrogens with zero attached hydrogens (tertiary/aromatic N) is 7. The lowest BCUT2D eigenvalue weighted by Crippen LogP contribution is -2.46. The van der Waals surface area contributed by atoms with E-state index in [0.717, 1.165) is 43.4 Å². The van der Waals surface area contributed by atoms with E-state index in [1.807, 2.05) is 40.6 Å². The van der Waals surface area contributed by atoms with Gasteiger partial charge in [0.25, 0.3) is 0 Å². The number of aryl methyl sites for hydroxylation is 1. The Labute approximate surface area is 271 Å². The number of anilines is 2. The van der Waals surface area contributed by atoms with Crippen molar-refractivity contribution in [3.63, 3.8) is 0 Å². The third kappa shape index (κ3) is 6.37. The van der Waals surface area contributed by atoms with Crippen molar-refractivity contribution in [2.45, 2.75) is 25.4 Å². The first kappa shape index (κ1) is 29.6. The van der Waals surface area contributed by atoms with E-state index in [1.165, 1.54) is 11.4 Å². The van der Waals surface area contributed by atoms with Gasteiger partial charge >= 0.3 is 0 Å². The summed E-state index contributed by atoms with van der Waals surface area (Å²) in [5, 5.41) is 5.33. The molecule has 2 aliphatic heterocycles. The van der Waals surface area contributed by atoms with Crippen LogP contribution in [-0.2, 0) is 21.8 Å². The van der Waals surface area contributed by atoms with E-state index in [0.29, 0.717) is 35.4 Å². The highest BCUT2D eigenvalue weighted by molar-refractivity contribution is 6.35. The molecule has 0 aliphatic carbocycles. The molecular weight excluding hydrogens is 613 g/mol. The van der Waals surface area contributed by atoms with E-state index in [2.05, 4.69) is 61.3 Å². The molecule has 2 atom stereocenters. The Bertz CT molecular complexity index is 1720. The maximum Gasteiger partial charge on any atom is 0.215 e. The fourth-order valence-electron chi connectivity index (χ4n) is 5.90. The van der Waals surface area contributed by atoms with E-state index < -0.39 is 5.79 Å². The lowest BCUT2D eigenvalue weighted by atomic mass is 10.1. The van der Waals surface area contributed by atoms with E-state index >= 15 is 0 Å². The second-order valence-corrected chi connectivity index (χ2v) is 12.0.